The van der Waals surface area contributed by atoms with Gasteiger partial charge in [0.15, 0.2) is 0 Å². The predicted octanol–water partition coefficient (Wildman–Crippen LogP) is 11.0. The molecule has 49 heavy (non-hydrogen) atoms. The van der Waals surface area contributed by atoms with Gasteiger partial charge in [-0.2, -0.15) is 0 Å². The van der Waals surface area contributed by atoms with Gasteiger partial charge < -0.3 is 19.5 Å². The maximum absolute atomic E-state index is 12.5. The summed E-state index contributed by atoms with van der Waals surface area (Å²) in [6, 6.07) is 0. The Hall–Kier alpha value is -2.15. The average molecular weight is 692 g/mol. The zero-order chi connectivity index (χ0) is 36.2. The first-order valence-corrected chi connectivity index (χ1v) is 20.3. The number of unbranched alkanes of at least 4 members (excludes halogenated alkanes) is 14. The molecule has 0 saturated heterocycles. The Morgan fingerprint density at radius 2 is 0.980 bits per heavy atom. The molecule has 2 atom stereocenters. The van der Waals surface area contributed by atoms with E-state index in [2.05, 4.69) is 31.3 Å². The number of hydrogen-bond acceptors (Lipinski definition) is 7. The van der Waals surface area contributed by atoms with Crippen LogP contribution in [0.15, 0.2) is 24.3 Å². The van der Waals surface area contributed by atoms with Gasteiger partial charge in [0.1, 0.15) is 19.3 Å². The molecule has 0 amide bonds. The van der Waals surface area contributed by atoms with Crippen LogP contribution in [-0.4, -0.2) is 50.8 Å². The van der Waals surface area contributed by atoms with Crippen LogP contribution in [0.2, 0.25) is 0 Å². The van der Waals surface area contributed by atoms with Gasteiger partial charge in [-0.15, -0.1) is 0 Å². The predicted molar refractivity (Wildman–Crippen MR) is 204 cm³/mol. The molecule has 1 N–H and O–H groups in total. The second-order valence-corrected chi connectivity index (χ2v) is 14.0. The summed E-state index contributed by atoms with van der Waals surface area (Å²) in [5, 5.41) is 3.09. The number of carbonyl (C=O) groups is 3. The third-order valence-corrected chi connectivity index (χ3v) is 9.16. The molecule has 0 fully saturated rings. The van der Waals surface area contributed by atoms with E-state index in [4.69, 9.17) is 14.2 Å². The lowest BCUT2D eigenvalue weighted by Gasteiger charge is -2.18. The number of carbonyl (C=O) groups excluding carboxylic acids is 3. The number of ether oxygens (including phenoxy) is 3. The van der Waals surface area contributed by atoms with E-state index in [1.807, 2.05) is 33.0 Å². The van der Waals surface area contributed by atoms with Crippen LogP contribution < -0.4 is 5.32 Å². The van der Waals surface area contributed by atoms with Crippen molar-refractivity contribution in [2.75, 3.05) is 26.8 Å². The number of allylic oxidation sites excluding steroid dienone is 2. The lowest BCUT2D eigenvalue weighted by Crippen LogP contribution is -2.19. The van der Waals surface area contributed by atoms with Crippen LogP contribution in [0.5, 0.6) is 0 Å². The number of rotatable bonds is 35. The highest BCUT2D eigenvalue weighted by Crippen LogP contribution is 2.19. The normalized spacial score (nSPS) is 13.5. The summed E-state index contributed by atoms with van der Waals surface area (Å²) in [7, 11) is 1.89. The number of nitrogens with one attached hydrogen (secondary N) is 1. The molecule has 0 aliphatic rings. The third kappa shape index (κ3) is 31.6. The van der Waals surface area contributed by atoms with Crippen molar-refractivity contribution in [2.45, 2.75) is 188 Å². The summed E-state index contributed by atoms with van der Waals surface area (Å²) in [6.07, 6.45) is 33.2. The molecule has 0 aromatic rings. The third-order valence-electron chi connectivity index (χ3n) is 9.16. The standard InChI is InChI=1S/C42H77NO6/c1-6-8-10-12-14-20-26-35-47-41(45)37(3)29-22-16-18-24-31-39(49-40(44)33-28-34-43-5)32-25-19-17-23-30-38(4)42(46)48-36-27-21-15-13-11-9-7-2/h20-21,26-27,37-39,43H,6-19,22-25,28-36H2,1-5H3/b26-20-,27-21-. The first-order valence-electron chi connectivity index (χ1n) is 20.3. The molecular weight excluding hydrogens is 614 g/mol. The Morgan fingerprint density at radius 1 is 0.551 bits per heavy atom. The summed E-state index contributed by atoms with van der Waals surface area (Å²) in [5.41, 5.74) is 0. The number of hydrogen-bond donors (Lipinski definition) is 1. The highest BCUT2D eigenvalue weighted by molar-refractivity contribution is 5.72. The summed E-state index contributed by atoms with van der Waals surface area (Å²) in [5.74, 6) is -0.467. The maximum atomic E-state index is 12.5. The highest BCUT2D eigenvalue weighted by atomic mass is 16.5. The van der Waals surface area contributed by atoms with Crippen molar-refractivity contribution in [3.63, 3.8) is 0 Å². The topological polar surface area (TPSA) is 90.9 Å². The summed E-state index contributed by atoms with van der Waals surface area (Å²) >= 11 is 0. The summed E-state index contributed by atoms with van der Waals surface area (Å²) in [4.78, 5) is 37.1. The van der Waals surface area contributed by atoms with Gasteiger partial charge in [0.25, 0.3) is 0 Å². The van der Waals surface area contributed by atoms with Crippen molar-refractivity contribution in [1.82, 2.24) is 5.32 Å². The van der Waals surface area contributed by atoms with Gasteiger partial charge in [-0.1, -0.05) is 129 Å². The fraction of sp³-hybridized carbons (Fsp3) is 0.833. The van der Waals surface area contributed by atoms with E-state index in [9.17, 15) is 14.4 Å². The van der Waals surface area contributed by atoms with Crippen molar-refractivity contribution in [1.29, 1.82) is 0 Å². The molecule has 7 heteroatoms. The quantitative estimate of drug-likeness (QED) is 0.0306. The van der Waals surface area contributed by atoms with Crippen LogP contribution in [0, 0.1) is 11.8 Å². The fourth-order valence-electron chi connectivity index (χ4n) is 5.80. The average Bonchev–Trinajstić information content (AvgIpc) is 3.09. The van der Waals surface area contributed by atoms with E-state index in [0.717, 1.165) is 103 Å². The molecule has 7 nitrogen and oxygen atoms in total. The van der Waals surface area contributed by atoms with Crippen LogP contribution >= 0.6 is 0 Å². The molecular formula is C42H77NO6. The van der Waals surface area contributed by atoms with E-state index in [1.165, 1.54) is 51.4 Å². The lowest BCUT2D eigenvalue weighted by molar-refractivity contribution is -0.150. The van der Waals surface area contributed by atoms with E-state index >= 15 is 0 Å². The van der Waals surface area contributed by atoms with E-state index in [0.29, 0.717) is 19.6 Å². The van der Waals surface area contributed by atoms with Crippen LogP contribution in [0.3, 0.4) is 0 Å². The van der Waals surface area contributed by atoms with E-state index in [-0.39, 0.29) is 35.8 Å². The van der Waals surface area contributed by atoms with Crippen LogP contribution in [-0.2, 0) is 28.6 Å². The summed E-state index contributed by atoms with van der Waals surface area (Å²) in [6.45, 7) is 9.90. The molecule has 0 rings (SSSR count). The Labute approximate surface area is 302 Å². The second-order valence-electron chi connectivity index (χ2n) is 14.0. The van der Waals surface area contributed by atoms with Crippen LogP contribution in [0.1, 0.15) is 182 Å². The monoisotopic (exact) mass is 692 g/mol. The van der Waals surface area contributed by atoms with Crippen LogP contribution in [0.25, 0.3) is 0 Å². The molecule has 0 saturated carbocycles. The van der Waals surface area contributed by atoms with Gasteiger partial charge in [0.05, 0.1) is 11.8 Å². The summed E-state index contributed by atoms with van der Waals surface area (Å²) < 4.78 is 16.8. The molecule has 0 aromatic heterocycles. The minimum absolute atomic E-state index is 0.0377. The van der Waals surface area contributed by atoms with Gasteiger partial charge in [0.2, 0.25) is 0 Å². The SMILES string of the molecule is CCCCCC/C=C\COC(=O)C(C)CCCCCCC(CCCCCCC(C)C(=O)OC/C=C\CCCCCC)OC(=O)CCCNC. The van der Waals surface area contributed by atoms with Gasteiger partial charge in [0, 0.05) is 6.42 Å². The Bertz CT molecular complexity index is 785. The minimum atomic E-state index is -0.105. The zero-order valence-corrected chi connectivity index (χ0v) is 32.6. The molecule has 2 unspecified atom stereocenters. The van der Waals surface area contributed by atoms with E-state index in [1.54, 1.807) is 0 Å². The Morgan fingerprint density at radius 3 is 1.41 bits per heavy atom. The van der Waals surface area contributed by atoms with Crippen molar-refractivity contribution in [2.24, 2.45) is 11.8 Å². The molecule has 0 aliphatic carbocycles. The minimum Gasteiger partial charge on any atom is -0.462 e. The largest absolute Gasteiger partial charge is 0.462 e. The number of esters is 3. The lowest BCUT2D eigenvalue weighted by atomic mass is 9.99. The molecule has 0 aliphatic heterocycles. The highest BCUT2D eigenvalue weighted by Gasteiger charge is 2.16. The van der Waals surface area contributed by atoms with Gasteiger partial charge in [-0.3, -0.25) is 14.4 Å². The van der Waals surface area contributed by atoms with Gasteiger partial charge >= 0.3 is 17.9 Å². The Kier molecular flexibility index (Phi) is 34.1. The van der Waals surface area contributed by atoms with Crippen molar-refractivity contribution in [3.05, 3.63) is 24.3 Å². The van der Waals surface area contributed by atoms with E-state index < -0.39 is 0 Å². The first-order chi connectivity index (χ1) is 23.8. The molecule has 0 heterocycles. The Balaban J connectivity index is 4.24. The first kappa shape index (κ1) is 46.9. The second kappa shape index (κ2) is 35.7. The van der Waals surface area contributed by atoms with Crippen molar-refractivity contribution >= 4 is 17.9 Å². The molecule has 0 radical (unpaired) electrons. The molecule has 286 valence electrons. The molecule has 0 bridgehead atoms. The fourth-order valence-corrected chi connectivity index (χ4v) is 5.80. The zero-order valence-electron chi connectivity index (χ0n) is 32.6. The van der Waals surface area contributed by atoms with Crippen LogP contribution in [0.4, 0.5) is 0 Å². The smallest absolute Gasteiger partial charge is 0.308 e. The van der Waals surface area contributed by atoms with Gasteiger partial charge in [-0.05, 0) is 84.2 Å². The van der Waals surface area contributed by atoms with Crippen molar-refractivity contribution < 1.29 is 28.6 Å². The van der Waals surface area contributed by atoms with Crippen molar-refractivity contribution in [3.8, 4) is 0 Å². The molecule has 0 spiro atoms. The maximum Gasteiger partial charge on any atom is 0.308 e. The molecule has 0 aromatic carbocycles. The van der Waals surface area contributed by atoms with Gasteiger partial charge in [-0.25, -0.2) is 0 Å².